The Hall–Kier alpha value is 0.110. The maximum absolute atomic E-state index is 12.8. The molecule has 19 heavy (non-hydrogen) atoms. The second-order valence-corrected chi connectivity index (χ2v) is 10.4. The SMILES string of the molecule is CCNC1CCC(C(C)(C)C)CC1S(=O)C(C)(C)C. The first-order chi connectivity index (χ1) is 8.57. The molecule has 1 N–H and O–H groups in total. The molecule has 1 aliphatic rings. The zero-order valence-corrected chi connectivity index (χ0v) is 14.7. The summed E-state index contributed by atoms with van der Waals surface area (Å²) in [6.45, 7) is 16.4. The van der Waals surface area contributed by atoms with Crippen LogP contribution in [0.3, 0.4) is 0 Å². The molecule has 0 radical (unpaired) electrons. The molecule has 0 amide bonds. The van der Waals surface area contributed by atoms with Gasteiger partial charge in [0, 0.05) is 21.6 Å². The van der Waals surface area contributed by atoms with Crippen LogP contribution in [0.4, 0.5) is 0 Å². The zero-order chi connectivity index (χ0) is 14.8. The van der Waals surface area contributed by atoms with Gasteiger partial charge in [-0.1, -0.05) is 27.7 Å². The van der Waals surface area contributed by atoms with Gasteiger partial charge in [-0.25, -0.2) is 0 Å². The van der Waals surface area contributed by atoms with Crippen molar-refractivity contribution in [2.45, 2.75) is 83.8 Å². The number of hydrogen-bond acceptors (Lipinski definition) is 2. The Morgan fingerprint density at radius 2 is 1.68 bits per heavy atom. The van der Waals surface area contributed by atoms with E-state index in [1.54, 1.807) is 0 Å². The summed E-state index contributed by atoms with van der Waals surface area (Å²) < 4.78 is 12.7. The summed E-state index contributed by atoms with van der Waals surface area (Å²) in [5.74, 6) is 0.693. The van der Waals surface area contributed by atoms with Crippen LogP contribution < -0.4 is 5.32 Å². The third kappa shape index (κ3) is 4.56. The van der Waals surface area contributed by atoms with Crippen molar-refractivity contribution in [3.05, 3.63) is 0 Å². The van der Waals surface area contributed by atoms with Crippen LogP contribution in [0.25, 0.3) is 0 Å². The van der Waals surface area contributed by atoms with Crippen LogP contribution in [0.2, 0.25) is 0 Å². The fourth-order valence-corrected chi connectivity index (χ4v) is 4.95. The lowest BCUT2D eigenvalue weighted by Crippen LogP contribution is -2.51. The molecule has 0 bridgehead atoms. The van der Waals surface area contributed by atoms with Gasteiger partial charge >= 0.3 is 0 Å². The number of hydrogen-bond donors (Lipinski definition) is 1. The van der Waals surface area contributed by atoms with E-state index >= 15 is 0 Å². The van der Waals surface area contributed by atoms with Gasteiger partial charge in [-0.2, -0.15) is 0 Å². The molecule has 0 spiro atoms. The number of rotatable bonds is 3. The van der Waals surface area contributed by atoms with E-state index in [9.17, 15) is 4.21 Å². The summed E-state index contributed by atoms with van der Waals surface area (Å²) in [7, 11) is -0.773. The molecule has 0 aliphatic heterocycles. The van der Waals surface area contributed by atoms with Crippen LogP contribution in [0.15, 0.2) is 0 Å². The Morgan fingerprint density at radius 1 is 1.11 bits per heavy atom. The maximum atomic E-state index is 12.8. The van der Waals surface area contributed by atoms with E-state index in [0.717, 1.165) is 13.0 Å². The van der Waals surface area contributed by atoms with Crippen molar-refractivity contribution in [1.29, 1.82) is 0 Å². The first kappa shape index (κ1) is 17.2. The Morgan fingerprint density at radius 3 is 2.11 bits per heavy atom. The number of nitrogens with one attached hydrogen (secondary N) is 1. The summed E-state index contributed by atoms with van der Waals surface area (Å²) in [5, 5.41) is 3.87. The van der Waals surface area contributed by atoms with Gasteiger partial charge in [0.05, 0.1) is 5.25 Å². The van der Waals surface area contributed by atoms with Gasteiger partial charge < -0.3 is 5.32 Å². The smallest absolute Gasteiger partial charge is 0.0509 e. The Bertz CT molecular complexity index is 314. The highest BCUT2D eigenvalue weighted by molar-refractivity contribution is 7.87. The molecule has 0 saturated heterocycles. The second-order valence-electron chi connectivity index (χ2n) is 7.99. The van der Waals surface area contributed by atoms with E-state index < -0.39 is 10.8 Å². The van der Waals surface area contributed by atoms with E-state index in [1.165, 1.54) is 12.8 Å². The van der Waals surface area contributed by atoms with Crippen molar-refractivity contribution in [1.82, 2.24) is 5.32 Å². The van der Waals surface area contributed by atoms with Crippen LogP contribution in [0.1, 0.15) is 67.7 Å². The molecule has 0 heterocycles. The van der Waals surface area contributed by atoms with Gasteiger partial charge in [0.2, 0.25) is 0 Å². The summed E-state index contributed by atoms with van der Waals surface area (Å²) in [5.41, 5.74) is 0.331. The molecule has 0 aromatic heterocycles. The average Bonchev–Trinajstić information content (AvgIpc) is 2.26. The normalized spacial score (nSPS) is 31.2. The minimum absolute atomic E-state index is 0.113. The third-order valence-electron chi connectivity index (χ3n) is 4.36. The van der Waals surface area contributed by atoms with Crippen molar-refractivity contribution in [3.63, 3.8) is 0 Å². The molecular formula is C16H33NOS. The Labute approximate surface area is 122 Å². The first-order valence-electron chi connectivity index (χ1n) is 7.71. The minimum Gasteiger partial charge on any atom is -0.313 e. The summed E-state index contributed by atoms with van der Waals surface area (Å²) in [4.78, 5) is 0. The topological polar surface area (TPSA) is 29.1 Å². The monoisotopic (exact) mass is 287 g/mol. The van der Waals surface area contributed by atoms with Crippen LogP contribution >= 0.6 is 0 Å². The fraction of sp³-hybridized carbons (Fsp3) is 1.00. The molecule has 0 aromatic rings. The molecule has 3 heteroatoms. The standard InChI is InChI=1S/C16H33NOS/c1-8-17-13-10-9-12(15(2,3)4)11-14(13)19(18)16(5,6)7/h12-14,17H,8-11H2,1-7H3. The second kappa shape index (κ2) is 6.26. The van der Waals surface area contributed by atoms with Crippen molar-refractivity contribution in [2.24, 2.45) is 11.3 Å². The van der Waals surface area contributed by atoms with E-state index in [2.05, 4.69) is 53.8 Å². The molecule has 1 rings (SSSR count). The average molecular weight is 288 g/mol. The molecule has 4 atom stereocenters. The molecule has 4 unspecified atom stereocenters. The molecule has 0 aromatic carbocycles. The lowest BCUT2D eigenvalue weighted by Gasteiger charge is -2.43. The van der Waals surface area contributed by atoms with Gasteiger partial charge in [0.1, 0.15) is 0 Å². The maximum Gasteiger partial charge on any atom is 0.0509 e. The lowest BCUT2D eigenvalue weighted by molar-refractivity contribution is 0.163. The van der Waals surface area contributed by atoms with E-state index in [0.29, 0.717) is 22.6 Å². The quantitative estimate of drug-likeness (QED) is 0.857. The van der Waals surface area contributed by atoms with Crippen LogP contribution in [-0.4, -0.2) is 26.8 Å². The van der Waals surface area contributed by atoms with E-state index in [-0.39, 0.29) is 4.75 Å². The summed E-state index contributed by atoms with van der Waals surface area (Å²) in [6, 6.07) is 0.434. The predicted octanol–water partition coefficient (Wildman–Crippen LogP) is 3.73. The lowest BCUT2D eigenvalue weighted by atomic mass is 9.71. The zero-order valence-electron chi connectivity index (χ0n) is 13.9. The molecule has 1 fully saturated rings. The summed E-state index contributed by atoms with van der Waals surface area (Å²) in [6.07, 6.45) is 3.53. The third-order valence-corrected chi connectivity index (χ3v) is 6.64. The van der Waals surface area contributed by atoms with Crippen molar-refractivity contribution >= 4 is 10.8 Å². The Balaban J connectivity index is 2.88. The highest BCUT2D eigenvalue weighted by Crippen LogP contribution is 2.40. The van der Waals surface area contributed by atoms with Crippen LogP contribution in [0, 0.1) is 11.3 Å². The van der Waals surface area contributed by atoms with Crippen LogP contribution in [-0.2, 0) is 10.8 Å². The molecular weight excluding hydrogens is 254 g/mol. The van der Waals surface area contributed by atoms with Crippen molar-refractivity contribution in [3.8, 4) is 0 Å². The van der Waals surface area contributed by atoms with Crippen molar-refractivity contribution in [2.75, 3.05) is 6.54 Å². The fourth-order valence-electron chi connectivity index (χ4n) is 3.10. The van der Waals surface area contributed by atoms with Gasteiger partial charge in [-0.15, -0.1) is 0 Å². The van der Waals surface area contributed by atoms with Gasteiger partial charge in [0.25, 0.3) is 0 Å². The van der Waals surface area contributed by atoms with Crippen LogP contribution in [0.5, 0.6) is 0 Å². The highest BCUT2D eigenvalue weighted by atomic mass is 32.2. The largest absolute Gasteiger partial charge is 0.313 e. The molecule has 1 aliphatic carbocycles. The predicted molar refractivity (Wildman–Crippen MR) is 85.9 cm³/mol. The van der Waals surface area contributed by atoms with Gasteiger partial charge in [-0.3, -0.25) is 4.21 Å². The van der Waals surface area contributed by atoms with Crippen molar-refractivity contribution < 1.29 is 4.21 Å². The molecule has 114 valence electrons. The molecule has 1 saturated carbocycles. The minimum atomic E-state index is -0.773. The highest BCUT2D eigenvalue weighted by Gasteiger charge is 2.41. The van der Waals surface area contributed by atoms with Gasteiger partial charge in [0.15, 0.2) is 0 Å². The Kier molecular flexibility index (Phi) is 5.65. The van der Waals surface area contributed by atoms with Gasteiger partial charge in [-0.05, 0) is 57.9 Å². The van der Waals surface area contributed by atoms with E-state index in [4.69, 9.17) is 0 Å². The summed E-state index contributed by atoms with van der Waals surface area (Å²) >= 11 is 0. The molecule has 2 nitrogen and oxygen atoms in total. The first-order valence-corrected chi connectivity index (χ1v) is 8.92. The van der Waals surface area contributed by atoms with E-state index in [1.807, 2.05) is 0 Å².